The highest BCUT2D eigenvalue weighted by Gasteiger charge is 2.38. The Morgan fingerprint density at radius 1 is 1.47 bits per heavy atom. The van der Waals surface area contributed by atoms with Crippen molar-refractivity contribution in [1.29, 1.82) is 0 Å². The molecule has 0 radical (unpaired) electrons. The van der Waals surface area contributed by atoms with Gasteiger partial charge in [-0.15, -0.1) is 0 Å². The maximum absolute atomic E-state index is 11.7. The first kappa shape index (κ1) is 12.7. The fraction of sp³-hybridized carbons (Fsp3) is 0.917. The number of carbonyl (C=O) groups is 1. The van der Waals surface area contributed by atoms with Crippen LogP contribution in [0.2, 0.25) is 0 Å². The number of ether oxygens (including phenoxy) is 1. The number of hydrogen-bond donors (Lipinski definition) is 1. The maximum Gasteiger partial charge on any atom is 0.189 e. The number of rotatable bonds is 5. The van der Waals surface area contributed by atoms with Gasteiger partial charge in [0.15, 0.2) is 5.78 Å². The number of aliphatic hydroxyl groups is 1. The van der Waals surface area contributed by atoms with E-state index in [0.29, 0.717) is 25.4 Å². The van der Waals surface area contributed by atoms with Gasteiger partial charge in [0, 0.05) is 6.61 Å². The van der Waals surface area contributed by atoms with E-state index in [1.54, 1.807) is 0 Å². The predicted molar refractivity (Wildman–Crippen MR) is 58.7 cm³/mol. The second kappa shape index (κ2) is 5.61. The Balaban J connectivity index is 2.36. The molecule has 1 aliphatic rings. The Hall–Kier alpha value is -0.410. The van der Waals surface area contributed by atoms with Gasteiger partial charge < -0.3 is 9.84 Å². The van der Waals surface area contributed by atoms with Crippen molar-refractivity contribution < 1.29 is 14.6 Å². The lowest BCUT2D eigenvalue weighted by molar-refractivity contribution is -0.146. The molecule has 15 heavy (non-hydrogen) atoms. The minimum absolute atomic E-state index is 0.0682. The second-order valence-electron chi connectivity index (χ2n) is 4.69. The number of ketones is 1. The summed E-state index contributed by atoms with van der Waals surface area (Å²) in [5.41, 5.74) is -1.10. The van der Waals surface area contributed by atoms with Crippen LogP contribution in [0.3, 0.4) is 0 Å². The third-order valence-electron chi connectivity index (χ3n) is 3.20. The highest BCUT2D eigenvalue weighted by molar-refractivity contribution is 5.88. The molecule has 0 aromatic carbocycles. The molecule has 1 N–H and O–H groups in total. The lowest BCUT2D eigenvalue weighted by Crippen LogP contribution is -2.44. The van der Waals surface area contributed by atoms with Crippen LogP contribution in [0.15, 0.2) is 0 Å². The summed E-state index contributed by atoms with van der Waals surface area (Å²) in [7, 11) is 0. The van der Waals surface area contributed by atoms with Gasteiger partial charge in [-0.3, -0.25) is 4.79 Å². The van der Waals surface area contributed by atoms with Crippen molar-refractivity contribution in [3.63, 3.8) is 0 Å². The van der Waals surface area contributed by atoms with Gasteiger partial charge in [-0.25, -0.2) is 0 Å². The van der Waals surface area contributed by atoms with Crippen molar-refractivity contribution in [3.05, 3.63) is 0 Å². The molecule has 0 aliphatic heterocycles. The summed E-state index contributed by atoms with van der Waals surface area (Å²) >= 11 is 0. The number of Topliss-reactive ketones (excluding diaryl/α,β-unsaturated/α-hetero) is 1. The number of carbonyl (C=O) groups excluding carboxylic acids is 1. The fourth-order valence-corrected chi connectivity index (χ4v) is 1.96. The van der Waals surface area contributed by atoms with Gasteiger partial charge in [0.2, 0.25) is 0 Å². The molecular formula is C12H22O3. The third kappa shape index (κ3) is 3.58. The topological polar surface area (TPSA) is 46.5 Å². The average Bonchev–Trinajstić information content (AvgIpc) is 2.23. The lowest BCUT2D eigenvalue weighted by atomic mass is 9.77. The highest BCUT2D eigenvalue weighted by atomic mass is 16.5. The highest BCUT2D eigenvalue weighted by Crippen LogP contribution is 2.32. The molecule has 3 nitrogen and oxygen atoms in total. The van der Waals surface area contributed by atoms with E-state index in [9.17, 15) is 9.90 Å². The second-order valence-corrected chi connectivity index (χ2v) is 4.69. The molecule has 1 saturated carbocycles. The summed E-state index contributed by atoms with van der Waals surface area (Å²) in [5.74, 6) is 0.498. The Morgan fingerprint density at radius 3 is 2.60 bits per heavy atom. The molecule has 0 unspecified atom stereocenters. The molecule has 0 saturated heterocycles. The van der Waals surface area contributed by atoms with E-state index in [0.717, 1.165) is 19.3 Å². The van der Waals surface area contributed by atoms with Crippen LogP contribution < -0.4 is 0 Å². The van der Waals surface area contributed by atoms with Gasteiger partial charge in [-0.05, 0) is 38.0 Å². The largest absolute Gasteiger partial charge is 0.382 e. The minimum Gasteiger partial charge on any atom is -0.382 e. The van der Waals surface area contributed by atoms with E-state index in [1.807, 2.05) is 6.92 Å². The van der Waals surface area contributed by atoms with Gasteiger partial charge in [0.05, 0.1) is 0 Å². The maximum atomic E-state index is 11.7. The fourth-order valence-electron chi connectivity index (χ4n) is 1.96. The quantitative estimate of drug-likeness (QED) is 0.711. The standard InChI is InChI=1S/C12H22O3/c1-3-8-15-9-11(13)12(14)6-4-10(2)5-7-12/h10,14H,3-9H2,1-2H3. The van der Waals surface area contributed by atoms with Crippen LogP contribution in [0.5, 0.6) is 0 Å². The first-order valence-electron chi connectivity index (χ1n) is 5.92. The van der Waals surface area contributed by atoms with E-state index in [4.69, 9.17) is 4.74 Å². The first-order chi connectivity index (χ1) is 7.08. The molecule has 0 aromatic rings. The van der Waals surface area contributed by atoms with Gasteiger partial charge in [0.25, 0.3) is 0 Å². The molecule has 0 aromatic heterocycles. The molecule has 0 bridgehead atoms. The van der Waals surface area contributed by atoms with Gasteiger partial charge in [-0.1, -0.05) is 13.8 Å². The SMILES string of the molecule is CCCOCC(=O)C1(O)CCC(C)CC1. The van der Waals surface area contributed by atoms with Crippen LogP contribution in [0.25, 0.3) is 0 Å². The van der Waals surface area contributed by atoms with Gasteiger partial charge in [0.1, 0.15) is 12.2 Å². The molecule has 88 valence electrons. The summed E-state index contributed by atoms with van der Waals surface area (Å²) in [6.07, 6.45) is 3.99. The molecule has 0 atom stereocenters. The monoisotopic (exact) mass is 214 g/mol. The van der Waals surface area contributed by atoms with E-state index in [-0.39, 0.29) is 12.4 Å². The lowest BCUT2D eigenvalue weighted by Gasteiger charge is -2.33. The third-order valence-corrected chi connectivity index (χ3v) is 3.20. The summed E-state index contributed by atoms with van der Waals surface area (Å²) in [5, 5.41) is 10.1. The van der Waals surface area contributed by atoms with E-state index >= 15 is 0 Å². The van der Waals surface area contributed by atoms with Crippen molar-refractivity contribution >= 4 is 5.78 Å². The normalized spacial score (nSPS) is 31.5. The van der Waals surface area contributed by atoms with Gasteiger partial charge >= 0.3 is 0 Å². The average molecular weight is 214 g/mol. The van der Waals surface area contributed by atoms with Crippen LogP contribution in [0.4, 0.5) is 0 Å². The van der Waals surface area contributed by atoms with E-state index in [2.05, 4.69) is 6.92 Å². The zero-order valence-corrected chi connectivity index (χ0v) is 9.79. The van der Waals surface area contributed by atoms with Crippen molar-refractivity contribution in [2.45, 2.75) is 51.6 Å². The summed E-state index contributed by atoms with van der Waals surface area (Å²) < 4.78 is 5.18. The van der Waals surface area contributed by atoms with Crippen LogP contribution in [-0.2, 0) is 9.53 Å². The molecule has 1 rings (SSSR count). The summed E-state index contributed by atoms with van der Waals surface area (Å²) in [4.78, 5) is 11.7. The van der Waals surface area contributed by atoms with Crippen LogP contribution in [-0.4, -0.2) is 29.7 Å². The van der Waals surface area contributed by atoms with Crippen LogP contribution in [0, 0.1) is 5.92 Å². The number of hydrogen-bond acceptors (Lipinski definition) is 3. The van der Waals surface area contributed by atoms with Crippen molar-refractivity contribution in [3.8, 4) is 0 Å². The zero-order valence-electron chi connectivity index (χ0n) is 9.79. The van der Waals surface area contributed by atoms with E-state index in [1.165, 1.54) is 0 Å². The summed E-state index contributed by atoms with van der Waals surface area (Å²) in [6, 6.07) is 0. The Labute approximate surface area is 91.8 Å². The molecular weight excluding hydrogens is 192 g/mol. The zero-order chi connectivity index (χ0) is 11.3. The smallest absolute Gasteiger partial charge is 0.189 e. The summed E-state index contributed by atoms with van der Waals surface area (Å²) in [6.45, 7) is 4.83. The minimum atomic E-state index is -1.10. The Bertz CT molecular complexity index is 205. The first-order valence-corrected chi connectivity index (χ1v) is 5.92. The molecule has 0 heterocycles. The molecule has 1 aliphatic carbocycles. The van der Waals surface area contributed by atoms with Crippen LogP contribution in [0.1, 0.15) is 46.0 Å². The van der Waals surface area contributed by atoms with Crippen molar-refractivity contribution in [2.24, 2.45) is 5.92 Å². The van der Waals surface area contributed by atoms with Crippen molar-refractivity contribution in [2.75, 3.05) is 13.2 Å². The molecule has 0 spiro atoms. The molecule has 0 amide bonds. The van der Waals surface area contributed by atoms with Crippen LogP contribution >= 0.6 is 0 Å². The molecule has 3 heteroatoms. The molecule has 1 fully saturated rings. The Morgan fingerprint density at radius 2 is 2.07 bits per heavy atom. The van der Waals surface area contributed by atoms with Crippen molar-refractivity contribution in [1.82, 2.24) is 0 Å². The predicted octanol–water partition coefficient (Wildman–Crippen LogP) is 1.92. The van der Waals surface area contributed by atoms with E-state index < -0.39 is 5.60 Å². The Kier molecular flexibility index (Phi) is 4.74. The van der Waals surface area contributed by atoms with Gasteiger partial charge in [-0.2, -0.15) is 0 Å².